The van der Waals surface area contributed by atoms with Crippen molar-refractivity contribution in [2.24, 2.45) is 29.4 Å². The first kappa shape index (κ1) is 13.3. The van der Waals surface area contributed by atoms with Gasteiger partial charge < -0.3 is 10.8 Å². The first-order valence-electron chi connectivity index (χ1n) is 6.83. The van der Waals surface area contributed by atoms with E-state index in [1.165, 1.54) is 6.42 Å². The third-order valence-corrected chi connectivity index (χ3v) is 4.81. The molecule has 2 aliphatic carbocycles. The van der Waals surface area contributed by atoms with E-state index in [0.29, 0.717) is 23.7 Å². The minimum Gasteiger partial charge on any atom is -0.392 e. The number of rotatable bonds is 3. The zero-order valence-corrected chi connectivity index (χ0v) is 11.1. The largest absolute Gasteiger partial charge is 0.392 e. The van der Waals surface area contributed by atoms with Crippen LogP contribution in [0.25, 0.3) is 0 Å². The van der Waals surface area contributed by atoms with E-state index in [-0.39, 0.29) is 12.5 Å². The van der Waals surface area contributed by atoms with Crippen LogP contribution in [-0.2, 0) is 4.79 Å². The van der Waals surface area contributed by atoms with E-state index in [1.54, 1.807) is 0 Å². The Hall–Kier alpha value is -1.09. The van der Waals surface area contributed by atoms with Gasteiger partial charge >= 0.3 is 0 Å². The highest BCUT2D eigenvalue weighted by Crippen LogP contribution is 2.47. The van der Waals surface area contributed by atoms with Crippen molar-refractivity contribution >= 4 is 5.91 Å². The highest BCUT2D eigenvalue weighted by atomic mass is 16.3. The fourth-order valence-corrected chi connectivity index (χ4v) is 3.68. The molecule has 0 heterocycles. The van der Waals surface area contributed by atoms with E-state index in [9.17, 15) is 9.90 Å². The van der Waals surface area contributed by atoms with E-state index < -0.39 is 0 Å². The zero-order valence-electron chi connectivity index (χ0n) is 11.1. The molecule has 1 amide bonds. The summed E-state index contributed by atoms with van der Waals surface area (Å²) >= 11 is 0. The maximum absolute atomic E-state index is 11.3. The number of amides is 1. The third-order valence-electron chi connectivity index (χ3n) is 4.81. The monoisotopic (exact) mass is 249 g/mol. The van der Waals surface area contributed by atoms with Gasteiger partial charge in [-0.2, -0.15) is 0 Å². The number of aliphatic hydroxyl groups is 1. The molecule has 0 aliphatic heterocycles. The molecule has 2 rings (SSSR count). The lowest BCUT2D eigenvalue weighted by Crippen LogP contribution is -2.37. The highest BCUT2D eigenvalue weighted by Gasteiger charge is 2.39. The summed E-state index contributed by atoms with van der Waals surface area (Å²) in [4.78, 5) is 11.3. The van der Waals surface area contributed by atoms with Crippen molar-refractivity contribution in [2.45, 2.75) is 32.6 Å². The molecule has 100 valence electrons. The summed E-state index contributed by atoms with van der Waals surface area (Å²) in [6.45, 7) is 6.32. The van der Waals surface area contributed by atoms with Crippen molar-refractivity contribution in [1.82, 2.24) is 0 Å². The number of fused-ring (bicyclic) bond motifs is 1. The van der Waals surface area contributed by atoms with Crippen molar-refractivity contribution in [1.29, 1.82) is 0 Å². The molecule has 0 radical (unpaired) electrons. The Morgan fingerprint density at radius 2 is 2.22 bits per heavy atom. The van der Waals surface area contributed by atoms with Gasteiger partial charge in [0.1, 0.15) is 0 Å². The average molecular weight is 249 g/mol. The summed E-state index contributed by atoms with van der Waals surface area (Å²) in [7, 11) is 0. The molecule has 1 fully saturated rings. The Labute approximate surface area is 109 Å². The van der Waals surface area contributed by atoms with Gasteiger partial charge in [0.05, 0.1) is 6.61 Å². The summed E-state index contributed by atoms with van der Waals surface area (Å²) in [5, 5.41) is 9.31. The lowest BCUT2D eigenvalue weighted by Gasteiger charge is -2.44. The Morgan fingerprint density at radius 1 is 1.50 bits per heavy atom. The molecule has 2 aliphatic rings. The maximum atomic E-state index is 11.3. The van der Waals surface area contributed by atoms with Crippen LogP contribution < -0.4 is 5.73 Å². The maximum Gasteiger partial charge on any atom is 0.244 e. The zero-order chi connectivity index (χ0) is 13.3. The highest BCUT2D eigenvalue weighted by molar-refractivity contribution is 5.92. The van der Waals surface area contributed by atoms with Gasteiger partial charge in [0.25, 0.3) is 0 Å². The molecule has 3 nitrogen and oxygen atoms in total. The van der Waals surface area contributed by atoms with E-state index in [2.05, 4.69) is 19.6 Å². The summed E-state index contributed by atoms with van der Waals surface area (Å²) < 4.78 is 0. The lowest BCUT2D eigenvalue weighted by molar-refractivity contribution is -0.115. The second-order valence-electron chi connectivity index (χ2n) is 5.81. The van der Waals surface area contributed by atoms with Gasteiger partial charge in [-0.1, -0.05) is 19.6 Å². The fraction of sp³-hybridized carbons (Fsp3) is 0.667. The summed E-state index contributed by atoms with van der Waals surface area (Å²) in [5.41, 5.74) is 7.07. The molecule has 0 saturated heterocycles. The van der Waals surface area contributed by atoms with Crippen LogP contribution in [0.2, 0.25) is 0 Å². The standard InChI is InChI=1S/C15H23NO2/c1-9-3-5-13(10(2)8-17)14-7-11(15(16)18)4-6-12(9)14/h7,9,12-14,17H,2-6,8H2,1H3,(H2,16,18)/t9-,12-,13+,14-/m0/s1. The molecule has 0 bridgehead atoms. The van der Waals surface area contributed by atoms with E-state index in [0.717, 1.165) is 30.4 Å². The van der Waals surface area contributed by atoms with Crippen LogP contribution in [0.5, 0.6) is 0 Å². The summed E-state index contributed by atoms with van der Waals surface area (Å²) in [6, 6.07) is 0. The van der Waals surface area contributed by atoms with Crippen molar-refractivity contribution in [3.05, 3.63) is 23.8 Å². The van der Waals surface area contributed by atoms with Gasteiger partial charge in [0, 0.05) is 5.57 Å². The lowest BCUT2D eigenvalue weighted by atomic mass is 9.61. The van der Waals surface area contributed by atoms with Crippen LogP contribution in [-0.4, -0.2) is 17.6 Å². The average Bonchev–Trinajstić information content (AvgIpc) is 2.38. The molecular weight excluding hydrogens is 226 g/mol. The second kappa shape index (κ2) is 5.27. The predicted molar refractivity (Wildman–Crippen MR) is 71.6 cm³/mol. The van der Waals surface area contributed by atoms with Crippen LogP contribution in [0.1, 0.15) is 32.6 Å². The number of allylic oxidation sites excluding steroid dienone is 1. The van der Waals surface area contributed by atoms with E-state index in [1.807, 2.05) is 0 Å². The molecule has 3 N–H and O–H groups in total. The Bertz CT molecular complexity index is 386. The summed E-state index contributed by atoms with van der Waals surface area (Å²) in [5.74, 6) is 1.65. The molecule has 18 heavy (non-hydrogen) atoms. The quantitative estimate of drug-likeness (QED) is 0.752. The van der Waals surface area contributed by atoms with Gasteiger partial charge in [-0.15, -0.1) is 0 Å². The minimum atomic E-state index is -0.292. The number of carbonyl (C=O) groups excluding carboxylic acids is 1. The first-order chi connectivity index (χ1) is 8.54. The third kappa shape index (κ3) is 2.37. The summed E-state index contributed by atoms with van der Waals surface area (Å²) in [6.07, 6.45) is 6.15. The number of carbonyl (C=O) groups is 1. The predicted octanol–water partition coefficient (Wildman–Crippen LogP) is 2.02. The Balaban J connectivity index is 2.27. The molecule has 0 aromatic rings. The molecule has 0 unspecified atom stereocenters. The smallest absolute Gasteiger partial charge is 0.244 e. The minimum absolute atomic E-state index is 0.0437. The second-order valence-corrected chi connectivity index (χ2v) is 5.81. The number of aliphatic hydroxyl groups excluding tert-OH is 1. The van der Waals surface area contributed by atoms with Crippen LogP contribution in [0.4, 0.5) is 0 Å². The molecule has 3 heteroatoms. The Kier molecular flexibility index (Phi) is 3.91. The number of hydrogen-bond donors (Lipinski definition) is 2. The van der Waals surface area contributed by atoms with Crippen LogP contribution in [0.3, 0.4) is 0 Å². The van der Waals surface area contributed by atoms with Gasteiger partial charge in [0.2, 0.25) is 5.91 Å². The molecule has 0 spiro atoms. The molecule has 0 aromatic carbocycles. The molecule has 4 atom stereocenters. The van der Waals surface area contributed by atoms with E-state index in [4.69, 9.17) is 5.73 Å². The van der Waals surface area contributed by atoms with Crippen molar-refractivity contribution < 1.29 is 9.90 Å². The molecule has 1 saturated carbocycles. The van der Waals surface area contributed by atoms with Gasteiger partial charge in [-0.3, -0.25) is 4.79 Å². The van der Waals surface area contributed by atoms with Gasteiger partial charge in [0.15, 0.2) is 0 Å². The van der Waals surface area contributed by atoms with E-state index >= 15 is 0 Å². The van der Waals surface area contributed by atoms with Crippen molar-refractivity contribution in [2.75, 3.05) is 6.61 Å². The number of primary amides is 1. The SMILES string of the molecule is C=C(CO)[C@H]1CC[C@H](C)[C@@H]2CCC(C(N)=O)=C[C@@H]21. The number of nitrogens with two attached hydrogens (primary N) is 1. The van der Waals surface area contributed by atoms with Crippen LogP contribution in [0, 0.1) is 23.7 Å². The number of hydrogen-bond acceptors (Lipinski definition) is 2. The first-order valence-corrected chi connectivity index (χ1v) is 6.83. The fourth-order valence-electron chi connectivity index (χ4n) is 3.68. The van der Waals surface area contributed by atoms with Crippen molar-refractivity contribution in [3.8, 4) is 0 Å². The normalized spacial score (nSPS) is 35.6. The topological polar surface area (TPSA) is 63.3 Å². The molecular formula is C15H23NO2. The Morgan fingerprint density at radius 3 is 2.83 bits per heavy atom. The molecule has 0 aromatic heterocycles. The van der Waals surface area contributed by atoms with Crippen LogP contribution in [0.15, 0.2) is 23.8 Å². The van der Waals surface area contributed by atoms with Crippen molar-refractivity contribution in [3.63, 3.8) is 0 Å². The van der Waals surface area contributed by atoms with Crippen LogP contribution >= 0.6 is 0 Å². The van der Waals surface area contributed by atoms with Gasteiger partial charge in [-0.25, -0.2) is 0 Å². The van der Waals surface area contributed by atoms with Gasteiger partial charge in [-0.05, 0) is 54.9 Å².